The number of ether oxygens (including phenoxy) is 1. The first-order valence-electron chi connectivity index (χ1n) is 3.88. The Bertz CT molecular complexity index is 192. The lowest BCUT2D eigenvalue weighted by Gasteiger charge is -2.20. The van der Waals surface area contributed by atoms with Crippen molar-refractivity contribution < 1.29 is 14.8 Å². The lowest BCUT2D eigenvalue weighted by Crippen LogP contribution is -2.40. The molecule has 70 valence electrons. The fourth-order valence-electron chi connectivity index (χ4n) is 1.25. The van der Waals surface area contributed by atoms with E-state index in [0.717, 1.165) is 0 Å². The molecule has 0 spiro atoms. The highest BCUT2D eigenvalue weighted by atomic mass is 16.6. The van der Waals surface area contributed by atoms with E-state index in [-0.39, 0.29) is 17.4 Å². The van der Waals surface area contributed by atoms with Crippen molar-refractivity contribution in [2.45, 2.75) is 32.1 Å². The maximum absolute atomic E-state index is 10.6. The average Bonchev–Trinajstić information content (AvgIpc) is 2.35. The summed E-state index contributed by atoms with van der Waals surface area (Å²) in [6, 6.07) is 0. The second-order valence-electron chi connectivity index (χ2n) is 3.63. The van der Waals surface area contributed by atoms with Crippen molar-refractivity contribution in [3.63, 3.8) is 0 Å². The molecule has 0 saturated carbocycles. The van der Waals surface area contributed by atoms with Gasteiger partial charge < -0.3 is 9.84 Å². The Labute approximate surface area is 70.5 Å². The summed E-state index contributed by atoms with van der Waals surface area (Å²) in [4.78, 5) is 10.3. The fourth-order valence-corrected chi connectivity index (χ4v) is 1.25. The molecule has 0 aromatic heterocycles. The monoisotopic (exact) mass is 175 g/mol. The van der Waals surface area contributed by atoms with Crippen LogP contribution in [0, 0.1) is 16.0 Å². The van der Waals surface area contributed by atoms with Crippen molar-refractivity contribution in [2.75, 3.05) is 6.61 Å². The molecule has 0 bridgehead atoms. The minimum Gasteiger partial charge on any atom is -0.368 e. The molecule has 0 aromatic carbocycles. The van der Waals surface area contributed by atoms with Crippen LogP contribution in [0.25, 0.3) is 0 Å². The molecule has 0 radical (unpaired) electrons. The van der Waals surface area contributed by atoms with Crippen LogP contribution in [-0.4, -0.2) is 28.5 Å². The van der Waals surface area contributed by atoms with Crippen LogP contribution in [0.15, 0.2) is 0 Å². The Morgan fingerprint density at radius 1 is 1.67 bits per heavy atom. The Morgan fingerprint density at radius 2 is 2.25 bits per heavy atom. The number of hydrogen-bond acceptors (Lipinski definition) is 4. The average molecular weight is 175 g/mol. The maximum Gasteiger partial charge on any atom is 0.221 e. The molecule has 12 heavy (non-hydrogen) atoms. The molecule has 1 aliphatic rings. The first-order valence-corrected chi connectivity index (χ1v) is 3.88. The van der Waals surface area contributed by atoms with Gasteiger partial charge in [-0.05, 0) is 0 Å². The molecule has 1 fully saturated rings. The largest absolute Gasteiger partial charge is 0.368 e. The topological polar surface area (TPSA) is 72.6 Å². The highest BCUT2D eigenvalue weighted by Crippen LogP contribution is 2.30. The van der Waals surface area contributed by atoms with Crippen LogP contribution < -0.4 is 0 Å². The van der Waals surface area contributed by atoms with E-state index in [9.17, 15) is 10.1 Å². The molecule has 1 aliphatic heterocycles. The summed E-state index contributed by atoms with van der Waals surface area (Å²) in [7, 11) is 0. The SMILES string of the molecule is CC(C)([C@H]1CO[C@H](O)C1)[N+](=O)[O-]. The van der Waals surface area contributed by atoms with E-state index in [1.54, 1.807) is 13.8 Å². The zero-order valence-corrected chi connectivity index (χ0v) is 7.19. The van der Waals surface area contributed by atoms with E-state index in [1.807, 2.05) is 0 Å². The molecule has 2 atom stereocenters. The lowest BCUT2D eigenvalue weighted by molar-refractivity contribution is -0.571. The number of aliphatic hydroxyl groups excluding tert-OH is 1. The third-order valence-corrected chi connectivity index (χ3v) is 2.45. The maximum atomic E-state index is 10.6. The van der Waals surface area contributed by atoms with E-state index in [2.05, 4.69) is 0 Å². The Balaban J connectivity index is 2.63. The van der Waals surface area contributed by atoms with Crippen molar-refractivity contribution in [1.82, 2.24) is 0 Å². The number of rotatable bonds is 2. The highest BCUT2D eigenvalue weighted by Gasteiger charge is 2.45. The van der Waals surface area contributed by atoms with Gasteiger partial charge in [0, 0.05) is 25.2 Å². The predicted octanol–water partition coefficient (Wildman–Crippen LogP) is 0.397. The molecular weight excluding hydrogens is 162 g/mol. The van der Waals surface area contributed by atoms with Gasteiger partial charge in [-0.25, -0.2) is 0 Å². The number of hydrogen-bond donors (Lipinski definition) is 1. The highest BCUT2D eigenvalue weighted by molar-refractivity contribution is 4.82. The lowest BCUT2D eigenvalue weighted by atomic mass is 9.87. The summed E-state index contributed by atoms with van der Waals surface area (Å²) in [6.45, 7) is 3.38. The normalized spacial score (nSPS) is 30.6. The van der Waals surface area contributed by atoms with Crippen molar-refractivity contribution >= 4 is 0 Å². The third-order valence-electron chi connectivity index (χ3n) is 2.45. The quantitative estimate of drug-likeness (QED) is 0.487. The zero-order valence-electron chi connectivity index (χ0n) is 7.19. The summed E-state index contributed by atoms with van der Waals surface area (Å²) < 4.78 is 4.85. The van der Waals surface area contributed by atoms with Gasteiger partial charge in [0.15, 0.2) is 6.29 Å². The van der Waals surface area contributed by atoms with Crippen LogP contribution in [0.1, 0.15) is 20.3 Å². The van der Waals surface area contributed by atoms with Crippen LogP contribution in [-0.2, 0) is 4.74 Å². The summed E-state index contributed by atoms with van der Waals surface area (Å²) in [5, 5.41) is 19.6. The molecule has 0 amide bonds. The smallest absolute Gasteiger partial charge is 0.221 e. The van der Waals surface area contributed by atoms with Gasteiger partial charge >= 0.3 is 0 Å². The van der Waals surface area contributed by atoms with E-state index >= 15 is 0 Å². The molecule has 1 rings (SSSR count). The van der Waals surface area contributed by atoms with Gasteiger partial charge in [0.1, 0.15) is 0 Å². The third kappa shape index (κ3) is 1.56. The summed E-state index contributed by atoms with van der Waals surface area (Å²) >= 11 is 0. The molecule has 1 N–H and O–H groups in total. The van der Waals surface area contributed by atoms with Gasteiger partial charge in [-0.1, -0.05) is 0 Å². The second-order valence-corrected chi connectivity index (χ2v) is 3.63. The summed E-state index contributed by atoms with van der Waals surface area (Å²) in [5.74, 6) is -0.192. The van der Waals surface area contributed by atoms with Crippen LogP contribution in [0.5, 0.6) is 0 Å². The van der Waals surface area contributed by atoms with Crippen LogP contribution in [0.4, 0.5) is 0 Å². The predicted molar refractivity (Wildman–Crippen MR) is 41.1 cm³/mol. The minimum atomic E-state index is -1.00. The number of nitro groups is 1. The summed E-state index contributed by atoms with van der Waals surface area (Å²) in [5.41, 5.74) is -1.00. The Morgan fingerprint density at radius 3 is 2.58 bits per heavy atom. The Kier molecular flexibility index (Phi) is 2.34. The van der Waals surface area contributed by atoms with Gasteiger partial charge in [-0.15, -0.1) is 0 Å². The van der Waals surface area contributed by atoms with Crippen molar-refractivity contribution in [2.24, 2.45) is 5.92 Å². The number of aliphatic hydroxyl groups is 1. The van der Waals surface area contributed by atoms with Crippen LogP contribution in [0.2, 0.25) is 0 Å². The van der Waals surface area contributed by atoms with Gasteiger partial charge in [-0.3, -0.25) is 10.1 Å². The molecular formula is C7H13NO4. The van der Waals surface area contributed by atoms with E-state index in [1.165, 1.54) is 0 Å². The molecule has 0 aromatic rings. The van der Waals surface area contributed by atoms with Crippen LogP contribution in [0.3, 0.4) is 0 Å². The van der Waals surface area contributed by atoms with E-state index < -0.39 is 11.8 Å². The van der Waals surface area contributed by atoms with E-state index in [0.29, 0.717) is 6.42 Å². The second kappa shape index (κ2) is 2.99. The molecule has 0 unspecified atom stereocenters. The molecule has 1 heterocycles. The van der Waals surface area contributed by atoms with Gasteiger partial charge in [0.05, 0.1) is 12.5 Å². The summed E-state index contributed by atoms with van der Waals surface area (Å²) in [6.07, 6.45) is -0.470. The van der Waals surface area contributed by atoms with Gasteiger partial charge in [0.2, 0.25) is 5.54 Å². The standard InChI is InChI=1S/C7H13NO4/c1-7(2,8(10)11)5-3-6(9)12-4-5/h5-6,9H,3-4H2,1-2H3/t5-,6+/m1/s1. The van der Waals surface area contributed by atoms with Crippen LogP contribution >= 0.6 is 0 Å². The fraction of sp³-hybridized carbons (Fsp3) is 1.00. The minimum absolute atomic E-state index is 0.192. The Hall–Kier alpha value is -0.680. The molecule has 0 aliphatic carbocycles. The van der Waals surface area contributed by atoms with Crippen molar-refractivity contribution in [3.05, 3.63) is 10.1 Å². The first-order chi connectivity index (χ1) is 5.44. The number of nitrogens with zero attached hydrogens (tertiary/aromatic N) is 1. The van der Waals surface area contributed by atoms with Gasteiger partial charge in [0.25, 0.3) is 0 Å². The van der Waals surface area contributed by atoms with E-state index in [4.69, 9.17) is 9.84 Å². The van der Waals surface area contributed by atoms with Gasteiger partial charge in [-0.2, -0.15) is 0 Å². The zero-order chi connectivity index (χ0) is 9.35. The van der Waals surface area contributed by atoms with Crippen molar-refractivity contribution in [1.29, 1.82) is 0 Å². The molecule has 5 nitrogen and oxygen atoms in total. The molecule has 5 heteroatoms. The van der Waals surface area contributed by atoms with Crippen molar-refractivity contribution in [3.8, 4) is 0 Å². The molecule has 1 saturated heterocycles. The first kappa shape index (κ1) is 9.41.